The number of hydrogen-bond donors (Lipinski definition) is 2. The summed E-state index contributed by atoms with van der Waals surface area (Å²) in [5, 5.41) is 13.6. The molecule has 0 aliphatic carbocycles. The Bertz CT molecular complexity index is 298. The van der Waals surface area contributed by atoms with E-state index in [1.54, 1.807) is 11.3 Å². The van der Waals surface area contributed by atoms with Gasteiger partial charge < -0.3 is 10.4 Å². The number of hydrogen-bond acceptors (Lipinski definition) is 3. The van der Waals surface area contributed by atoms with Crippen LogP contribution in [0.15, 0.2) is 17.5 Å². The highest BCUT2D eigenvalue weighted by molar-refractivity contribution is 7.09. The lowest BCUT2D eigenvalue weighted by Crippen LogP contribution is -2.24. The molecule has 4 heteroatoms. The number of aryl methyl sites for hydroxylation is 1. The molecule has 3 nitrogen and oxygen atoms in total. The number of rotatable bonds is 9. The number of aliphatic hydroxyl groups excluding tert-OH is 1. The highest BCUT2D eigenvalue weighted by atomic mass is 32.1. The third-order valence-corrected chi connectivity index (χ3v) is 3.50. The lowest BCUT2D eigenvalue weighted by molar-refractivity contribution is -0.121. The third kappa shape index (κ3) is 7.13. The third-order valence-electron chi connectivity index (χ3n) is 2.56. The van der Waals surface area contributed by atoms with Gasteiger partial charge in [0.15, 0.2) is 0 Å². The summed E-state index contributed by atoms with van der Waals surface area (Å²) in [7, 11) is 0. The minimum atomic E-state index is 0.144. The van der Waals surface area contributed by atoms with Crippen LogP contribution in [0.25, 0.3) is 0 Å². The predicted molar refractivity (Wildman–Crippen MR) is 71.2 cm³/mol. The molecule has 1 rings (SSSR count). The average Bonchev–Trinajstić information content (AvgIpc) is 2.82. The second-order valence-corrected chi connectivity index (χ2v) is 5.10. The van der Waals surface area contributed by atoms with Crippen LogP contribution in [0.1, 0.15) is 37.0 Å². The van der Waals surface area contributed by atoms with Crippen molar-refractivity contribution in [2.24, 2.45) is 0 Å². The molecule has 0 fully saturated rings. The standard InChI is InChI=1S/C13H21NO2S/c15-10-3-1-2-9-14-13(16)8-4-6-12-7-5-11-17-12/h5,7,11,15H,1-4,6,8-10H2,(H,14,16). The second-order valence-electron chi connectivity index (χ2n) is 4.07. The van der Waals surface area contributed by atoms with Crippen molar-refractivity contribution in [3.63, 3.8) is 0 Å². The number of nitrogens with one attached hydrogen (secondary N) is 1. The molecule has 17 heavy (non-hydrogen) atoms. The minimum absolute atomic E-state index is 0.144. The lowest BCUT2D eigenvalue weighted by atomic mass is 10.2. The molecule has 0 radical (unpaired) electrons. The van der Waals surface area contributed by atoms with Crippen LogP contribution in [-0.4, -0.2) is 24.2 Å². The number of thiophene rings is 1. The van der Waals surface area contributed by atoms with E-state index in [4.69, 9.17) is 5.11 Å². The Morgan fingerprint density at radius 3 is 2.88 bits per heavy atom. The van der Waals surface area contributed by atoms with Gasteiger partial charge in [0.1, 0.15) is 0 Å². The van der Waals surface area contributed by atoms with Gasteiger partial charge in [-0.1, -0.05) is 6.07 Å². The fraction of sp³-hybridized carbons (Fsp3) is 0.615. The summed E-state index contributed by atoms with van der Waals surface area (Å²) >= 11 is 1.75. The molecule has 0 unspecified atom stereocenters. The van der Waals surface area contributed by atoms with Crippen LogP contribution >= 0.6 is 11.3 Å². The van der Waals surface area contributed by atoms with Crippen molar-refractivity contribution in [2.75, 3.05) is 13.2 Å². The van der Waals surface area contributed by atoms with Gasteiger partial charge in [-0.2, -0.15) is 0 Å². The van der Waals surface area contributed by atoms with Crippen molar-refractivity contribution in [1.29, 1.82) is 0 Å². The fourth-order valence-electron chi connectivity index (χ4n) is 1.61. The van der Waals surface area contributed by atoms with Gasteiger partial charge in [-0.25, -0.2) is 0 Å². The van der Waals surface area contributed by atoms with Crippen molar-refractivity contribution in [3.8, 4) is 0 Å². The zero-order valence-corrected chi connectivity index (χ0v) is 11.0. The van der Waals surface area contributed by atoms with Crippen LogP contribution in [0.5, 0.6) is 0 Å². The number of unbranched alkanes of at least 4 members (excludes halogenated alkanes) is 2. The summed E-state index contributed by atoms with van der Waals surface area (Å²) in [4.78, 5) is 12.8. The first-order chi connectivity index (χ1) is 8.33. The number of aliphatic hydroxyl groups is 1. The van der Waals surface area contributed by atoms with E-state index in [0.717, 1.165) is 38.6 Å². The lowest BCUT2D eigenvalue weighted by Gasteiger charge is -2.04. The highest BCUT2D eigenvalue weighted by Gasteiger charge is 2.01. The van der Waals surface area contributed by atoms with E-state index in [2.05, 4.69) is 16.8 Å². The number of carbonyl (C=O) groups is 1. The first-order valence-electron chi connectivity index (χ1n) is 6.23. The van der Waals surface area contributed by atoms with Crippen LogP contribution in [0.4, 0.5) is 0 Å². The molecule has 0 spiro atoms. The summed E-state index contributed by atoms with van der Waals surface area (Å²) in [5.41, 5.74) is 0. The minimum Gasteiger partial charge on any atom is -0.396 e. The molecule has 1 heterocycles. The SMILES string of the molecule is O=C(CCCc1cccs1)NCCCCCO. The molecule has 1 amide bonds. The molecule has 96 valence electrons. The predicted octanol–water partition coefficient (Wildman–Crippen LogP) is 2.35. The average molecular weight is 255 g/mol. The summed E-state index contributed by atoms with van der Waals surface area (Å²) in [6.07, 6.45) is 5.29. The van der Waals surface area contributed by atoms with E-state index in [0.29, 0.717) is 6.42 Å². The Morgan fingerprint density at radius 2 is 2.18 bits per heavy atom. The molecular formula is C13H21NO2S. The second kappa shape index (κ2) is 9.19. The summed E-state index contributed by atoms with van der Waals surface area (Å²) in [6.45, 7) is 0.979. The Labute approximate surface area is 107 Å². The van der Waals surface area contributed by atoms with Crippen molar-refractivity contribution in [1.82, 2.24) is 5.32 Å². The van der Waals surface area contributed by atoms with Gasteiger partial charge in [0, 0.05) is 24.4 Å². The summed E-state index contributed by atoms with van der Waals surface area (Å²) in [5.74, 6) is 0.144. The van der Waals surface area contributed by atoms with Crippen LogP contribution < -0.4 is 5.32 Å². The van der Waals surface area contributed by atoms with Gasteiger partial charge in [0.05, 0.1) is 0 Å². The molecule has 0 bridgehead atoms. The van der Waals surface area contributed by atoms with E-state index >= 15 is 0 Å². The fourth-order valence-corrected chi connectivity index (χ4v) is 2.36. The van der Waals surface area contributed by atoms with Gasteiger partial charge in [0.2, 0.25) is 5.91 Å². The maximum Gasteiger partial charge on any atom is 0.220 e. The molecule has 0 aliphatic rings. The number of carbonyl (C=O) groups excluding carboxylic acids is 1. The van der Waals surface area contributed by atoms with Crippen molar-refractivity contribution in [2.45, 2.75) is 38.5 Å². The molecule has 1 aromatic rings. The highest BCUT2D eigenvalue weighted by Crippen LogP contribution is 2.11. The normalized spacial score (nSPS) is 10.4. The van der Waals surface area contributed by atoms with Gasteiger partial charge in [-0.15, -0.1) is 11.3 Å². The smallest absolute Gasteiger partial charge is 0.220 e. The molecule has 0 atom stereocenters. The van der Waals surface area contributed by atoms with E-state index in [1.807, 2.05) is 6.07 Å². The van der Waals surface area contributed by atoms with Gasteiger partial charge in [-0.3, -0.25) is 4.79 Å². The van der Waals surface area contributed by atoms with Crippen molar-refractivity contribution < 1.29 is 9.90 Å². The van der Waals surface area contributed by atoms with Gasteiger partial charge >= 0.3 is 0 Å². The van der Waals surface area contributed by atoms with E-state index in [1.165, 1.54) is 4.88 Å². The Morgan fingerprint density at radius 1 is 1.29 bits per heavy atom. The molecule has 0 aromatic carbocycles. The zero-order chi connectivity index (χ0) is 12.3. The molecule has 0 saturated carbocycles. The molecule has 0 saturated heterocycles. The zero-order valence-electron chi connectivity index (χ0n) is 10.2. The Kier molecular flexibility index (Phi) is 7.67. The van der Waals surface area contributed by atoms with E-state index in [-0.39, 0.29) is 12.5 Å². The van der Waals surface area contributed by atoms with Crippen LogP contribution in [-0.2, 0) is 11.2 Å². The number of amides is 1. The monoisotopic (exact) mass is 255 g/mol. The van der Waals surface area contributed by atoms with Crippen molar-refractivity contribution >= 4 is 17.2 Å². The van der Waals surface area contributed by atoms with E-state index in [9.17, 15) is 4.79 Å². The molecular weight excluding hydrogens is 234 g/mol. The molecule has 2 N–H and O–H groups in total. The topological polar surface area (TPSA) is 49.3 Å². The van der Waals surface area contributed by atoms with Gasteiger partial charge in [0.25, 0.3) is 0 Å². The van der Waals surface area contributed by atoms with Crippen molar-refractivity contribution in [3.05, 3.63) is 22.4 Å². The van der Waals surface area contributed by atoms with Gasteiger partial charge in [-0.05, 0) is 43.6 Å². The summed E-state index contributed by atoms with van der Waals surface area (Å²) in [6, 6.07) is 4.15. The first kappa shape index (κ1) is 14.2. The van der Waals surface area contributed by atoms with Crippen LogP contribution in [0, 0.1) is 0 Å². The summed E-state index contributed by atoms with van der Waals surface area (Å²) < 4.78 is 0. The maximum absolute atomic E-state index is 11.4. The maximum atomic E-state index is 11.4. The molecule has 0 aliphatic heterocycles. The molecule has 1 aromatic heterocycles. The first-order valence-corrected chi connectivity index (χ1v) is 7.11. The Balaban J connectivity index is 1.94. The van der Waals surface area contributed by atoms with Crippen LogP contribution in [0.2, 0.25) is 0 Å². The quantitative estimate of drug-likeness (QED) is 0.665. The largest absolute Gasteiger partial charge is 0.396 e. The van der Waals surface area contributed by atoms with E-state index < -0.39 is 0 Å². The Hall–Kier alpha value is -0.870. The van der Waals surface area contributed by atoms with Crippen LogP contribution in [0.3, 0.4) is 0 Å².